The smallest absolute Gasteiger partial charge is 0.290 e. The summed E-state index contributed by atoms with van der Waals surface area (Å²) >= 11 is 0. The number of amides is 1. The zero-order valence-corrected chi connectivity index (χ0v) is 17.5. The number of carbonyl (C=O) groups is 1. The third-order valence-electron chi connectivity index (χ3n) is 6.10. The highest BCUT2D eigenvalue weighted by molar-refractivity contribution is 6.06. The van der Waals surface area contributed by atoms with Crippen molar-refractivity contribution >= 4 is 17.3 Å². The quantitative estimate of drug-likeness (QED) is 0.605. The lowest BCUT2D eigenvalue weighted by atomic mass is 9.93. The van der Waals surface area contributed by atoms with E-state index in [4.69, 9.17) is 4.42 Å². The maximum Gasteiger partial charge on any atom is 0.290 e. The molecule has 2 aliphatic rings. The molecule has 0 saturated heterocycles. The van der Waals surface area contributed by atoms with Crippen LogP contribution in [0.25, 0.3) is 0 Å². The van der Waals surface area contributed by atoms with E-state index in [2.05, 4.69) is 22.7 Å². The van der Waals surface area contributed by atoms with E-state index in [0.29, 0.717) is 24.5 Å². The van der Waals surface area contributed by atoms with Crippen LogP contribution in [0.4, 0.5) is 10.1 Å². The molecule has 1 aromatic heterocycles. The molecule has 5 nitrogen and oxygen atoms in total. The van der Waals surface area contributed by atoms with Crippen molar-refractivity contribution in [2.75, 3.05) is 12.0 Å². The summed E-state index contributed by atoms with van der Waals surface area (Å²) in [4.78, 5) is 15.2. The Labute approximate surface area is 180 Å². The Bertz CT molecular complexity index is 1160. The molecular weight excluding hydrogens is 393 g/mol. The Morgan fingerprint density at radius 2 is 1.84 bits per heavy atom. The van der Waals surface area contributed by atoms with E-state index in [1.54, 1.807) is 12.1 Å². The van der Waals surface area contributed by atoms with Crippen LogP contribution < -0.4 is 5.43 Å². The van der Waals surface area contributed by atoms with Gasteiger partial charge in [0.2, 0.25) is 0 Å². The first-order valence-electron chi connectivity index (χ1n) is 10.7. The van der Waals surface area contributed by atoms with Gasteiger partial charge in [-0.2, -0.15) is 5.10 Å². The zero-order chi connectivity index (χ0) is 21.4. The molecule has 31 heavy (non-hydrogen) atoms. The van der Waals surface area contributed by atoms with Crippen LogP contribution in [0.1, 0.15) is 51.4 Å². The molecule has 1 N–H and O–H groups in total. The lowest BCUT2D eigenvalue weighted by Crippen LogP contribution is -2.36. The molecule has 3 aromatic rings. The summed E-state index contributed by atoms with van der Waals surface area (Å²) in [5.41, 5.74) is 8.87. The SMILES string of the molecule is Cc1c(C(=O)N2CCc3ccccc3C2)oc2c1/C(=N/Nc1ccc(F)cc1)CCC2. The third-order valence-corrected chi connectivity index (χ3v) is 6.10. The number of nitrogens with one attached hydrogen (secondary N) is 1. The number of anilines is 1. The fraction of sp³-hybridized carbons (Fsp3) is 0.280. The van der Waals surface area contributed by atoms with Gasteiger partial charge in [-0.1, -0.05) is 24.3 Å². The molecule has 0 fully saturated rings. The lowest BCUT2D eigenvalue weighted by molar-refractivity contribution is 0.0699. The van der Waals surface area contributed by atoms with E-state index >= 15 is 0 Å². The van der Waals surface area contributed by atoms with Crippen molar-refractivity contribution in [3.63, 3.8) is 0 Å². The van der Waals surface area contributed by atoms with Crippen LogP contribution in [0.15, 0.2) is 58.0 Å². The molecule has 6 heteroatoms. The third kappa shape index (κ3) is 3.74. The monoisotopic (exact) mass is 417 g/mol. The number of hydrogen-bond donors (Lipinski definition) is 1. The van der Waals surface area contributed by atoms with Crippen LogP contribution in [-0.4, -0.2) is 23.1 Å². The van der Waals surface area contributed by atoms with Crippen molar-refractivity contribution in [1.29, 1.82) is 0 Å². The van der Waals surface area contributed by atoms with Crippen LogP contribution >= 0.6 is 0 Å². The summed E-state index contributed by atoms with van der Waals surface area (Å²) in [6, 6.07) is 14.4. The minimum atomic E-state index is -0.285. The fourth-order valence-corrected chi connectivity index (χ4v) is 4.45. The Hall–Kier alpha value is -3.41. The molecule has 0 unspecified atom stereocenters. The van der Waals surface area contributed by atoms with E-state index in [1.807, 2.05) is 24.0 Å². The van der Waals surface area contributed by atoms with Crippen molar-refractivity contribution in [2.45, 2.75) is 39.2 Å². The molecule has 0 radical (unpaired) electrons. The molecule has 0 bridgehead atoms. The van der Waals surface area contributed by atoms with E-state index in [-0.39, 0.29) is 11.7 Å². The van der Waals surface area contributed by atoms with Crippen molar-refractivity contribution in [3.05, 3.63) is 88.1 Å². The summed E-state index contributed by atoms with van der Waals surface area (Å²) in [6.07, 6.45) is 3.36. The van der Waals surface area contributed by atoms with Crippen molar-refractivity contribution in [1.82, 2.24) is 4.90 Å². The first-order valence-corrected chi connectivity index (χ1v) is 10.7. The predicted octanol–water partition coefficient (Wildman–Crippen LogP) is 5.08. The second-order valence-corrected chi connectivity index (χ2v) is 8.13. The standard InChI is InChI=1S/C25H24FN3O2/c1-16-23-21(28-27-20-11-9-19(26)10-12-20)7-4-8-22(23)31-24(16)25(30)29-14-13-17-5-2-3-6-18(17)15-29/h2-3,5-6,9-12,27H,4,7-8,13-15H2,1H3/b28-21+. The van der Waals surface area contributed by atoms with Crippen molar-refractivity contribution in [2.24, 2.45) is 5.10 Å². The normalized spacial score (nSPS) is 16.7. The van der Waals surface area contributed by atoms with Gasteiger partial charge in [-0.25, -0.2) is 4.39 Å². The summed E-state index contributed by atoms with van der Waals surface area (Å²) in [5, 5.41) is 4.56. The van der Waals surface area contributed by atoms with E-state index < -0.39 is 0 Å². The highest BCUT2D eigenvalue weighted by Gasteiger charge is 2.31. The van der Waals surface area contributed by atoms with Crippen LogP contribution in [0.2, 0.25) is 0 Å². The van der Waals surface area contributed by atoms with Gasteiger partial charge in [0, 0.05) is 30.6 Å². The van der Waals surface area contributed by atoms with Gasteiger partial charge in [0.1, 0.15) is 11.6 Å². The minimum Gasteiger partial charge on any atom is -0.455 e. The highest BCUT2D eigenvalue weighted by atomic mass is 19.1. The Balaban J connectivity index is 1.40. The van der Waals surface area contributed by atoms with Gasteiger partial charge in [0.25, 0.3) is 5.91 Å². The van der Waals surface area contributed by atoms with Crippen LogP contribution in [0.5, 0.6) is 0 Å². The average molecular weight is 417 g/mol. The van der Waals surface area contributed by atoms with Gasteiger partial charge < -0.3 is 9.32 Å². The second kappa shape index (κ2) is 8.02. The topological polar surface area (TPSA) is 57.8 Å². The largest absolute Gasteiger partial charge is 0.455 e. The summed E-state index contributed by atoms with van der Waals surface area (Å²) < 4.78 is 19.2. The molecule has 0 spiro atoms. The van der Waals surface area contributed by atoms with Gasteiger partial charge in [-0.3, -0.25) is 10.2 Å². The number of furan rings is 1. The van der Waals surface area contributed by atoms with Gasteiger partial charge in [0.05, 0.1) is 11.4 Å². The number of hydrazone groups is 1. The molecule has 2 heterocycles. The number of halogens is 1. The molecule has 0 atom stereocenters. The molecule has 158 valence electrons. The minimum absolute atomic E-state index is 0.0627. The number of aryl methyl sites for hydroxylation is 1. The van der Waals surface area contributed by atoms with Gasteiger partial charge in [0.15, 0.2) is 5.76 Å². The number of fused-ring (bicyclic) bond motifs is 2. The molecule has 5 rings (SSSR count). The highest BCUT2D eigenvalue weighted by Crippen LogP contribution is 2.32. The fourth-order valence-electron chi connectivity index (χ4n) is 4.45. The first-order chi connectivity index (χ1) is 15.1. The number of carbonyl (C=O) groups excluding carboxylic acids is 1. The van der Waals surface area contributed by atoms with Crippen LogP contribution in [0, 0.1) is 12.7 Å². The number of rotatable bonds is 3. The number of benzene rings is 2. The second-order valence-electron chi connectivity index (χ2n) is 8.13. The predicted molar refractivity (Wildman–Crippen MR) is 118 cm³/mol. The van der Waals surface area contributed by atoms with Gasteiger partial charge >= 0.3 is 0 Å². The van der Waals surface area contributed by atoms with Crippen LogP contribution in [0.3, 0.4) is 0 Å². The summed E-state index contributed by atoms with van der Waals surface area (Å²) in [6.45, 7) is 3.23. The summed E-state index contributed by atoms with van der Waals surface area (Å²) in [7, 11) is 0. The lowest BCUT2D eigenvalue weighted by Gasteiger charge is -2.28. The zero-order valence-electron chi connectivity index (χ0n) is 17.5. The Morgan fingerprint density at radius 1 is 1.06 bits per heavy atom. The van der Waals surface area contributed by atoms with Crippen LogP contribution in [-0.2, 0) is 19.4 Å². The Kier molecular flexibility index (Phi) is 5.06. The van der Waals surface area contributed by atoms with Crippen molar-refractivity contribution < 1.29 is 13.6 Å². The van der Waals surface area contributed by atoms with E-state index in [0.717, 1.165) is 48.3 Å². The van der Waals surface area contributed by atoms with Gasteiger partial charge in [-0.05, 0) is 61.6 Å². The van der Waals surface area contributed by atoms with Gasteiger partial charge in [-0.15, -0.1) is 0 Å². The molecule has 1 aliphatic carbocycles. The average Bonchev–Trinajstić information content (AvgIpc) is 3.15. The number of nitrogens with zero attached hydrogens (tertiary/aromatic N) is 2. The summed E-state index contributed by atoms with van der Waals surface area (Å²) in [5.74, 6) is 0.893. The molecular formula is C25H24FN3O2. The molecule has 0 saturated carbocycles. The van der Waals surface area contributed by atoms with E-state index in [9.17, 15) is 9.18 Å². The molecule has 2 aromatic carbocycles. The Morgan fingerprint density at radius 3 is 2.65 bits per heavy atom. The molecule has 1 aliphatic heterocycles. The maximum atomic E-state index is 13.3. The van der Waals surface area contributed by atoms with E-state index in [1.165, 1.54) is 23.3 Å². The van der Waals surface area contributed by atoms with Crippen molar-refractivity contribution in [3.8, 4) is 0 Å². The maximum absolute atomic E-state index is 13.3. The molecule has 1 amide bonds. The first kappa shape index (κ1) is 19.5. The number of hydrogen-bond acceptors (Lipinski definition) is 4.